The summed E-state index contributed by atoms with van der Waals surface area (Å²) in [6, 6.07) is 12.6. The molecule has 0 spiro atoms. The predicted molar refractivity (Wildman–Crippen MR) is 116 cm³/mol. The minimum Gasteiger partial charge on any atom is -0.495 e. The number of rotatable bonds is 6. The molecule has 0 bridgehead atoms. The summed E-state index contributed by atoms with van der Waals surface area (Å²) in [6.07, 6.45) is -0.714. The lowest BCUT2D eigenvalue weighted by molar-refractivity contribution is -0.122. The molecule has 1 fully saturated rings. The van der Waals surface area contributed by atoms with E-state index in [0.717, 1.165) is 18.7 Å². The van der Waals surface area contributed by atoms with Gasteiger partial charge in [-0.05, 0) is 51.2 Å². The van der Waals surface area contributed by atoms with Crippen LogP contribution in [0.3, 0.4) is 0 Å². The molecule has 1 N–H and O–H groups in total. The van der Waals surface area contributed by atoms with Crippen molar-refractivity contribution in [3.8, 4) is 11.5 Å². The molecule has 30 heavy (non-hydrogen) atoms. The van der Waals surface area contributed by atoms with E-state index in [2.05, 4.69) is 10.2 Å². The smallest absolute Gasteiger partial charge is 0.265 e. The number of methoxy groups -OCH3 is 1. The van der Waals surface area contributed by atoms with E-state index in [4.69, 9.17) is 9.47 Å². The zero-order chi connectivity index (χ0) is 21.7. The second kappa shape index (κ2) is 9.63. The molecule has 1 unspecified atom stereocenters. The van der Waals surface area contributed by atoms with Gasteiger partial charge in [-0.3, -0.25) is 9.59 Å². The number of hydrogen-bond donors (Lipinski definition) is 1. The van der Waals surface area contributed by atoms with E-state index in [1.54, 1.807) is 25.1 Å². The molecule has 2 aromatic rings. The number of carbonyl (C=O) groups is 2. The van der Waals surface area contributed by atoms with Gasteiger partial charge in [-0.2, -0.15) is 0 Å². The Kier molecular flexibility index (Phi) is 6.95. The number of ether oxygens (including phenoxy) is 2. The largest absolute Gasteiger partial charge is 0.495 e. The van der Waals surface area contributed by atoms with Crippen LogP contribution in [0.5, 0.6) is 11.5 Å². The van der Waals surface area contributed by atoms with Crippen LogP contribution in [0.4, 0.5) is 5.69 Å². The minimum absolute atomic E-state index is 0.0507. The standard InChI is InChI=1S/C23H29N3O4/c1-16-5-8-19(9-6-16)30-17(2)22(27)24-20-15-18(7-10-21(20)29-4)23(28)26-13-11-25(3)12-14-26/h5-10,15,17H,11-14H2,1-4H3,(H,24,27). The molecule has 7 heteroatoms. The molecule has 1 atom stereocenters. The summed E-state index contributed by atoms with van der Waals surface area (Å²) in [5.41, 5.74) is 2.08. The highest BCUT2D eigenvalue weighted by Gasteiger charge is 2.22. The van der Waals surface area contributed by atoms with Crippen LogP contribution in [-0.2, 0) is 4.79 Å². The number of anilines is 1. The molecule has 0 aromatic heterocycles. The number of likely N-dealkylation sites (N-methyl/N-ethyl adjacent to an activating group) is 1. The summed E-state index contributed by atoms with van der Waals surface area (Å²) in [6.45, 7) is 6.73. The molecule has 1 saturated heterocycles. The van der Waals surface area contributed by atoms with Crippen molar-refractivity contribution in [3.05, 3.63) is 53.6 Å². The Balaban J connectivity index is 1.70. The van der Waals surface area contributed by atoms with E-state index < -0.39 is 6.10 Å². The van der Waals surface area contributed by atoms with E-state index >= 15 is 0 Å². The number of benzene rings is 2. The lowest BCUT2D eigenvalue weighted by Gasteiger charge is -2.32. The molecule has 3 rings (SSSR count). The molecule has 1 heterocycles. The predicted octanol–water partition coefficient (Wildman–Crippen LogP) is 2.80. The Morgan fingerprint density at radius 2 is 1.70 bits per heavy atom. The van der Waals surface area contributed by atoms with Crippen LogP contribution in [0.25, 0.3) is 0 Å². The summed E-state index contributed by atoms with van der Waals surface area (Å²) < 4.78 is 11.1. The van der Waals surface area contributed by atoms with Crippen molar-refractivity contribution in [1.82, 2.24) is 9.80 Å². The topological polar surface area (TPSA) is 71.1 Å². The van der Waals surface area contributed by atoms with E-state index in [9.17, 15) is 9.59 Å². The molecule has 0 radical (unpaired) electrons. The maximum atomic E-state index is 12.9. The van der Waals surface area contributed by atoms with Gasteiger partial charge in [-0.1, -0.05) is 17.7 Å². The summed E-state index contributed by atoms with van der Waals surface area (Å²) in [4.78, 5) is 29.6. The first-order chi connectivity index (χ1) is 14.4. The number of piperazine rings is 1. The highest BCUT2D eigenvalue weighted by atomic mass is 16.5. The lowest BCUT2D eigenvalue weighted by atomic mass is 10.1. The van der Waals surface area contributed by atoms with Crippen molar-refractivity contribution in [2.45, 2.75) is 20.0 Å². The number of aryl methyl sites for hydroxylation is 1. The summed E-state index contributed by atoms with van der Waals surface area (Å²) >= 11 is 0. The van der Waals surface area contributed by atoms with Gasteiger partial charge in [0.2, 0.25) is 0 Å². The van der Waals surface area contributed by atoms with Gasteiger partial charge in [0, 0.05) is 31.7 Å². The molecule has 2 aromatic carbocycles. The fourth-order valence-electron chi connectivity index (χ4n) is 3.24. The maximum Gasteiger partial charge on any atom is 0.265 e. The van der Waals surface area contributed by atoms with Crippen LogP contribution in [0.15, 0.2) is 42.5 Å². The van der Waals surface area contributed by atoms with E-state index in [1.165, 1.54) is 7.11 Å². The van der Waals surface area contributed by atoms with Crippen LogP contribution in [0.2, 0.25) is 0 Å². The Labute approximate surface area is 177 Å². The van der Waals surface area contributed by atoms with E-state index in [1.807, 2.05) is 43.1 Å². The van der Waals surface area contributed by atoms with Gasteiger partial charge >= 0.3 is 0 Å². The van der Waals surface area contributed by atoms with Gasteiger partial charge < -0.3 is 24.6 Å². The third-order valence-electron chi connectivity index (χ3n) is 5.20. The maximum absolute atomic E-state index is 12.9. The van der Waals surface area contributed by atoms with Crippen LogP contribution in [-0.4, -0.2) is 68.1 Å². The summed E-state index contributed by atoms with van der Waals surface area (Å²) in [5, 5.41) is 2.83. The monoisotopic (exact) mass is 411 g/mol. The molecule has 160 valence electrons. The van der Waals surface area contributed by atoms with Gasteiger partial charge in [-0.25, -0.2) is 0 Å². The van der Waals surface area contributed by atoms with Crippen molar-refractivity contribution in [3.63, 3.8) is 0 Å². The van der Waals surface area contributed by atoms with Crippen LogP contribution < -0.4 is 14.8 Å². The number of hydrogen-bond acceptors (Lipinski definition) is 5. The Hall–Kier alpha value is -3.06. The zero-order valence-corrected chi connectivity index (χ0v) is 18.0. The number of nitrogens with one attached hydrogen (secondary N) is 1. The number of amides is 2. The first kappa shape index (κ1) is 21.6. The van der Waals surface area contributed by atoms with Crippen molar-refractivity contribution >= 4 is 17.5 Å². The SMILES string of the molecule is COc1ccc(C(=O)N2CCN(C)CC2)cc1NC(=O)C(C)Oc1ccc(C)cc1. The highest BCUT2D eigenvalue weighted by Crippen LogP contribution is 2.27. The van der Waals surface area contributed by atoms with E-state index in [-0.39, 0.29) is 11.8 Å². The lowest BCUT2D eigenvalue weighted by Crippen LogP contribution is -2.47. The molecule has 2 amide bonds. The van der Waals surface area contributed by atoms with Crippen LogP contribution in [0.1, 0.15) is 22.8 Å². The minimum atomic E-state index is -0.714. The average Bonchev–Trinajstić information content (AvgIpc) is 2.75. The zero-order valence-electron chi connectivity index (χ0n) is 18.0. The normalized spacial score (nSPS) is 15.4. The van der Waals surface area contributed by atoms with Crippen molar-refractivity contribution < 1.29 is 19.1 Å². The number of carbonyl (C=O) groups excluding carboxylic acids is 2. The fourth-order valence-corrected chi connectivity index (χ4v) is 3.24. The summed E-state index contributed by atoms with van der Waals surface area (Å²) in [7, 11) is 3.57. The van der Waals surface area contributed by atoms with Crippen molar-refractivity contribution in [2.24, 2.45) is 0 Å². The van der Waals surface area contributed by atoms with Crippen molar-refractivity contribution in [1.29, 1.82) is 0 Å². The third kappa shape index (κ3) is 5.30. The second-order valence-electron chi connectivity index (χ2n) is 7.57. The molecular formula is C23H29N3O4. The van der Waals surface area contributed by atoms with Gasteiger partial charge in [0.25, 0.3) is 11.8 Å². The van der Waals surface area contributed by atoms with Crippen LogP contribution >= 0.6 is 0 Å². The molecule has 0 saturated carbocycles. The molecule has 0 aliphatic carbocycles. The molecular weight excluding hydrogens is 382 g/mol. The molecule has 1 aliphatic rings. The van der Waals surface area contributed by atoms with Gasteiger partial charge in [0.15, 0.2) is 6.10 Å². The van der Waals surface area contributed by atoms with Crippen LogP contribution in [0, 0.1) is 6.92 Å². The van der Waals surface area contributed by atoms with Gasteiger partial charge in [0.1, 0.15) is 11.5 Å². The first-order valence-electron chi connectivity index (χ1n) is 10.1. The average molecular weight is 412 g/mol. The van der Waals surface area contributed by atoms with E-state index in [0.29, 0.717) is 35.8 Å². The second-order valence-corrected chi connectivity index (χ2v) is 7.57. The highest BCUT2D eigenvalue weighted by molar-refractivity contribution is 5.99. The van der Waals surface area contributed by atoms with Gasteiger partial charge in [-0.15, -0.1) is 0 Å². The van der Waals surface area contributed by atoms with Crippen molar-refractivity contribution in [2.75, 3.05) is 45.7 Å². The number of nitrogens with zero attached hydrogens (tertiary/aromatic N) is 2. The quantitative estimate of drug-likeness (QED) is 0.792. The van der Waals surface area contributed by atoms with Gasteiger partial charge in [0.05, 0.1) is 12.8 Å². The Bertz CT molecular complexity index is 890. The molecule has 1 aliphatic heterocycles. The third-order valence-corrected chi connectivity index (χ3v) is 5.20. The summed E-state index contributed by atoms with van der Waals surface area (Å²) in [5.74, 6) is 0.735. The Morgan fingerprint density at radius 3 is 2.33 bits per heavy atom. The first-order valence-corrected chi connectivity index (χ1v) is 10.1. The molecule has 7 nitrogen and oxygen atoms in total. The fraction of sp³-hybridized carbons (Fsp3) is 0.391. The Morgan fingerprint density at radius 1 is 1.03 bits per heavy atom.